The van der Waals surface area contributed by atoms with Crippen LogP contribution in [0.1, 0.15) is 73.6 Å². The molecule has 0 nitrogen and oxygen atoms in total. The van der Waals surface area contributed by atoms with Crippen LogP contribution in [-0.4, -0.2) is 0 Å². The molecule has 17 heavy (non-hydrogen) atoms. The third-order valence-electron chi connectivity index (χ3n) is 5.70. The molecular formula is C17H34. The van der Waals surface area contributed by atoms with Crippen LogP contribution in [0.5, 0.6) is 0 Å². The average molecular weight is 238 g/mol. The van der Waals surface area contributed by atoms with Crippen molar-refractivity contribution >= 4 is 0 Å². The molecule has 0 N–H and O–H groups in total. The predicted molar refractivity (Wildman–Crippen MR) is 78.1 cm³/mol. The van der Waals surface area contributed by atoms with Gasteiger partial charge in [0.1, 0.15) is 0 Å². The van der Waals surface area contributed by atoms with Gasteiger partial charge in [0, 0.05) is 0 Å². The second-order valence-electron chi connectivity index (χ2n) is 6.84. The van der Waals surface area contributed by atoms with Gasteiger partial charge in [-0.05, 0) is 54.8 Å². The van der Waals surface area contributed by atoms with E-state index in [0.717, 1.165) is 35.5 Å². The van der Waals surface area contributed by atoms with Gasteiger partial charge < -0.3 is 0 Å². The van der Waals surface area contributed by atoms with E-state index in [1.807, 2.05) is 0 Å². The van der Waals surface area contributed by atoms with E-state index in [1.54, 1.807) is 0 Å². The Kier molecular flexibility index (Phi) is 6.03. The lowest BCUT2D eigenvalue weighted by atomic mass is 9.73. The molecule has 0 spiro atoms. The molecule has 1 fully saturated rings. The van der Waals surface area contributed by atoms with Gasteiger partial charge in [-0.3, -0.25) is 0 Å². The largest absolute Gasteiger partial charge is 0.0651 e. The molecule has 102 valence electrons. The second-order valence-corrected chi connectivity index (χ2v) is 6.84. The zero-order chi connectivity index (χ0) is 13.0. The number of rotatable bonds is 8. The molecule has 1 aliphatic carbocycles. The fraction of sp³-hybridized carbons (Fsp3) is 1.00. The molecular weight excluding hydrogens is 204 g/mol. The summed E-state index contributed by atoms with van der Waals surface area (Å²) in [7, 11) is 0. The van der Waals surface area contributed by atoms with E-state index in [9.17, 15) is 0 Å². The third kappa shape index (κ3) is 4.30. The quantitative estimate of drug-likeness (QED) is 0.504. The van der Waals surface area contributed by atoms with Crippen LogP contribution in [0.15, 0.2) is 0 Å². The Morgan fingerprint density at radius 2 is 1.35 bits per heavy atom. The molecule has 0 aromatic rings. The molecule has 0 radical (unpaired) electrons. The van der Waals surface area contributed by atoms with E-state index in [2.05, 4.69) is 41.5 Å². The van der Waals surface area contributed by atoms with Crippen molar-refractivity contribution in [2.75, 3.05) is 0 Å². The highest BCUT2D eigenvalue weighted by molar-refractivity contribution is 4.87. The lowest BCUT2D eigenvalue weighted by Gasteiger charge is -2.32. The van der Waals surface area contributed by atoms with Crippen molar-refractivity contribution in [3.05, 3.63) is 0 Å². The maximum Gasteiger partial charge on any atom is -0.0355 e. The van der Waals surface area contributed by atoms with Crippen molar-refractivity contribution < 1.29 is 0 Å². The highest BCUT2D eigenvalue weighted by Crippen LogP contribution is 2.46. The number of hydrogen-bond donors (Lipinski definition) is 0. The van der Waals surface area contributed by atoms with E-state index in [4.69, 9.17) is 0 Å². The molecule has 0 heterocycles. The van der Waals surface area contributed by atoms with Crippen LogP contribution < -0.4 is 0 Å². The Morgan fingerprint density at radius 1 is 0.824 bits per heavy atom. The number of hydrogen-bond acceptors (Lipinski definition) is 0. The van der Waals surface area contributed by atoms with Crippen molar-refractivity contribution in [3.8, 4) is 0 Å². The highest BCUT2D eigenvalue weighted by atomic mass is 14.4. The first kappa shape index (κ1) is 15.1. The van der Waals surface area contributed by atoms with E-state index >= 15 is 0 Å². The van der Waals surface area contributed by atoms with Gasteiger partial charge in [-0.2, -0.15) is 0 Å². The average Bonchev–Trinajstić information content (AvgIpc) is 3.16. The summed E-state index contributed by atoms with van der Waals surface area (Å²) in [4.78, 5) is 0. The Hall–Kier alpha value is 0. The van der Waals surface area contributed by atoms with Crippen molar-refractivity contribution in [1.82, 2.24) is 0 Å². The zero-order valence-electron chi connectivity index (χ0n) is 13.0. The summed E-state index contributed by atoms with van der Waals surface area (Å²) in [5.74, 6) is 5.74. The molecule has 0 heteroatoms. The zero-order valence-corrected chi connectivity index (χ0v) is 13.0. The summed E-state index contributed by atoms with van der Waals surface area (Å²) in [5.41, 5.74) is 0. The van der Waals surface area contributed by atoms with Gasteiger partial charge in [-0.25, -0.2) is 0 Å². The first-order valence-electron chi connectivity index (χ1n) is 8.01. The molecule has 1 saturated carbocycles. The first-order valence-corrected chi connectivity index (χ1v) is 8.01. The third-order valence-corrected chi connectivity index (χ3v) is 5.70. The Morgan fingerprint density at radius 3 is 1.76 bits per heavy atom. The fourth-order valence-corrected chi connectivity index (χ4v) is 3.22. The fourth-order valence-electron chi connectivity index (χ4n) is 3.22. The van der Waals surface area contributed by atoms with Crippen molar-refractivity contribution in [2.24, 2.45) is 35.5 Å². The van der Waals surface area contributed by atoms with E-state index in [0.29, 0.717) is 0 Å². The van der Waals surface area contributed by atoms with Crippen LogP contribution >= 0.6 is 0 Å². The van der Waals surface area contributed by atoms with Gasteiger partial charge in [0.2, 0.25) is 0 Å². The van der Waals surface area contributed by atoms with Crippen LogP contribution in [0.3, 0.4) is 0 Å². The normalized spacial score (nSPS) is 25.1. The SMILES string of the molecule is CCC(C)C(C)CC(C1CC1)C(C)C(C)CC. The second kappa shape index (κ2) is 6.81. The topological polar surface area (TPSA) is 0 Å². The van der Waals surface area contributed by atoms with Gasteiger partial charge in [0.15, 0.2) is 0 Å². The van der Waals surface area contributed by atoms with Gasteiger partial charge in [-0.15, -0.1) is 0 Å². The lowest BCUT2D eigenvalue weighted by molar-refractivity contribution is 0.174. The maximum atomic E-state index is 2.51. The molecule has 1 rings (SSSR count). The summed E-state index contributed by atoms with van der Waals surface area (Å²) < 4.78 is 0. The highest BCUT2D eigenvalue weighted by Gasteiger charge is 2.37. The molecule has 0 bridgehead atoms. The summed E-state index contributed by atoms with van der Waals surface area (Å²) >= 11 is 0. The van der Waals surface area contributed by atoms with Crippen LogP contribution in [0, 0.1) is 35.5 Å². The summed E-state index contributed by atoms with van der Waals surface area (Å²) in [5, 5.41) is 0. The molecule has 1 aliphatic rings. The lowest BCUT2D eigenvalue weighted by Crippen LogP contribution is -2.24. The molecule has 0 saturated heterocycles. The standard InChI is InChI=1S/C17H34/c1-7-12(3)14(5)11-17(16-9-10-16)15(6)13(4)8-2/h12-17H,7-11H2,1-6H3. The van der Waals surface area contributed by atoms with Gasteiger partial charge >= 0.3 is 0 Å². The molecule has 0 aromatic carbocycles. The monoisotopic (exact) mass is 238 g/mol. The van der Waals surface area contributed by atoms with Gasteiger partial charge in [0.25, 0.3) is 0 Å². The minimum Gasteiger partial charge on any atom is -0.0651 e. The van der Waals surface area contributed by atoms with E-state index in [1.165, 1.54) is 32.1 Å². The van der Waals surface area contributed by atoms with E-state index in [-0.39, 0.29) is 0 Å². The van der Waals surface area contributed by atoms with Crippen molar-refractivity contribution in [2.45, 2.75) is 73.6 Å². The van der Waals surface area contributed by atoms with Gasteiger partial charge in [-0.1, -0.05) is 54.4 Å². The minimum atomic E-state index is 0.903. The molecule has 5 unspecified atom stereocenters. The van der Waals surface area contributed by atoms with Gasteiger partial charge in [0.05, 0.1) is 0 Å². The molecule has 0 amide bonds. The smallest absolute Gasteiger partial charge is 0.0355 e. The van der Waals surface area contributed by atoms with Crippen LogP contribution in [-0.2, 0) is 0 Å². The Labute approximate surface area is 110 Å². The Balaban J connectivity index is 2.54. The minimum absolute atomic E-state index is 0.903. The Bertz CT molecular complexity index is 204. The molecule has 0 aliphatic heterocycles. The first-order chi connectivity index (χ1) is 8.01. The summed E-state index contributed by atoms with van der Waals surface area (Å²) in [6, 6.07) is 0. The predicted octanol–water partition coefficient (Wildman–Crippen LogP) is 5.77. The van der Waals surface area contributed by atoms with Crippen LogP contribution in [0.2, 0.25) is 0 Å². The van der Waals surface area contributed by atoms with Crippen LogP contribution in [0.25, 0.3) is 0 Å². The van der Waals surface area contributed by atoms with Crippen LogP contribution in [0.4, 0.5) is 0 Å². The summed E-state index contributed by atoms with van der Waals surface area (Å²) in [6.45, 7) is 14.6. The van der Waals surface area contributed by atoms with E-state index < -0.39 is 0 Å². The molecule has 0 aromatic heterocycles. The molecule has 5 atom stereocenters. The van der Waals surface area contributed by atoms with Crippen molar-refractivity contribution in [1.29, 1.82) is 0 Å². The maximum absolute atomic E-state index is 2.51. The summed E-state index contributed by atoms with van der Waals surface area (Å²) in [6.07, 6.45) is 7.20. The van der Waals surface area contributed by atoms with Crippen molar-refractivity contribution in [3.63, 3.8) is 0 Å².